The molecule has 0 unspecified atom stereocenters. The number of nitrogens with zero attached hydrogens (tertiary/aromatic N) is 7. The number of ether oxygens (including phenoxy) is 1. The van der Waals surface area contributed by atoms with E-state index in [1.54, 1.807) is 36.7 Å². The summed E-state index contributed by atoms with van der Waals surface area (Å²) in [6.07, 6.45) is 6.97. The average molecular weight is 611 g/mol. The highest BCUT2D eigenvalue weighted by atomic mass is 16.5. The molecule has 2 fully saturated rings. The summed E-state index contributed by atoms with van der Waals surface area (Å²) in [4.78, 5) is 40.4. The molecular weight excluding hydrogens is 572 g/mol. The molecule has 5 N–H and O–H groups in total. The molecule has 234 valence electrons. The van der Waals surface area contributed by atoms with Crippen LogP contribution in [0.25, 0.3) is 22.5 Å². The van der Waals surface area contributed by atoms with Crippen LogP contribution < -0.4 is 21.3 Å². The number of hydrogen-bond donors (Lipinski definition) is 3. The van der Waals surface area contributed by atoms with E-state index in [-0.39, 0.29) is 18.2 Å². The number of carbonyl (C=O) groups is 2. The molecule has 3 heterocycles. The molecule has 1 saturated heterocycles. The van der Waals surface area contributed by atoms with Crippen molar-refractivity contribution in [2.24, 2.45) is 23.3 Å². The normalized spacial score (nSPS) is 19.2. The second kappa shape index (κ2) is 14.0. The van der Waals surface area contributed by atoms with Gasteiger partial charge in [-0.05, 0) is 85.2 Å². The molecule has 1 atom stereocenters. The van der Waals surface area contributed by atoms with Gasteiger partial charge in [0.05, 0.1) is 24.9 Å². The minimum Gasteiger partial charge on any atom is -0.378 e. The number of H-pyrrole nitrogens is 1. The second-order valence-electron chi connectivity index (χ2n) is 11.6. The van der Waals surface area contributed by atoms with Gasteiger partial charge in [-0.3, -0.25) is 9.59 Å². The van der Waals surface area contributed by atoms with Gasteiger partial charge in [0.1, 0.15) is 0 Å². The summed E-state index contributed by atoms with van der Waals surface area (Å²) in [5, 5.41) is 14.1. The Kier molecular flexibility index (Phi) is 9.48. The SMILES string of the molecule is NCC1CCC(C(=O)N(C(=O)[C@@H](N)Cc2cccc(-c3cnc(N4CCOCC4)nc3)c2)c2ccc(-c3nn[nH]n3)cc2)CC1. The maximum absolute atomic E-state index is 14.0. The lowest BCUT2D eigenvalue weighted by Crippen LogP contribution is -2.50. The standard InChI is InChI=1S/C32H38N10O3/c33-18-21-4-6-24(7-5-21)30(43)42(27-10-8-23(9-11-27)29-37-39-40-38-29)31(44)28(34)17-22-2-1-3-25(16-22)26-19-35-32(36-20-26)41-12-14-45-15-13-41/h1-3,8-11,16,19-21,24,28H,4-7,12-15,17-18,33-34H2,(H,37,38,39,40)/t21?,24?,28-/m0/s1. The van der Waals surface area contributed by atoms with Crippen molar-refractivity contribution in [3.05, 3.63) is 66.5 Å². The fourth-order valence-electron chi connectivity index (χ4n) is 6.02. The van der Waals surface area contributed by atoms with Gasteiger partial charge in [-0.25, -0.2) is 14.9 Å². The van der Waals surface area contributed by atoms with Crippen LogP contribution in [0.1, 0.15) is 31.2 Å². The number of nitrogens with two attached hydrogens (primary N) is 2. The Balaban J connectivity index is 1.19. The molecule has 2 amide bonds. The Morgan fingerprint density at radius 1 is 0.978 bits per heavy atom. The number of imide groups is 1. The first-order valence-electron chi connectivity index (χ1n) is 15.4. The van der Waals surface area contributed by atoms with Gasteiger partial charge in [-0.15, -0.1) is 10.2 Å². The third-order valence-corrected chi connectivity index (χ3v) is 8.66. The topological polar surface area (TPSA) is 182 Å². The Hall–Kier alpha value is -4.59. The van der Waals surface area contributed by atoms with Crippen LogP contribution in [0.15, 0.2) is 60.9 Å². The lowest BCUT2D eigenvalue weighted by Gasteiger charge is -2.32. The van der Waals surface area contributed by atoms with Crippen molar-refractivity contribution < 1.29 is 14.3 Å². The molecule has 1 aliphatic heterocycles. The summed E-state index contributed by atoms with van der Waals surface area (Å²) in [6, 6.07) is 13.8. The van der Waals surface area contributed by atoms with Crippen LogP contribution in [0.5, 0.6) is 0 Å². The zero-order valence-electron chi connectivity index (χ0n) is 25.1. The van der Waals surface area contributed by atoms with Crippen LogP contribution in [0.3, 0.4) is 0 Å². The maximum Gasteiger partial charge on any atom is 0.251 e. The monoisotopic (exact) mass is 610 g/mol. The molecule has 1 aliphatic carbocycles. The van der Waals surface area contributed by atoms with E-state index in [1.165, 1.54) is 4.90 Å². The van der Waals surface area contributed by atoms with E-state index in [4.69, 9.17) is 16.2 Å². The number of carbonyl (C=O) groups excluding carboxylic acids is 2. The molecule has 0 radical (unpaired) electrons. The first kappa shape index (κ1) is 30.4. The Labute approximate surface area is 261 Å². The van der Waals surface area contributed by atoms with Gasteiger partial charge >= 0.3 is 0 Å². The molecule has 4 aromatic rings. The van der Waals surface area contributed by atoms with Crippen LogP contribution in [0.2, 0.25) is 0 Å². The second-order valence-corrected chi connectivity index (χ2v) is 11.6. The molecule has 1 saturated carbocycles. The zero-order chi connectivity index (χ0) is 31.2. The molecule has 13 nitrogen and oxygen atoms in total. The van der Waals surface area contributed by atoms with E-state index in [1.807, 2.05) is 24.3 Å². The first-order chi connectivity index (χ1) is 22.0. The third kappa shape index (κ3) is 7.06. The third-order valence-electron chi connectivity index (χ3n) is 8.66. The first-order valence-corrected chi connectivity index (χ1v) is 15.4. The molecule has 13 heteroatoms. The Bertz CT molecular complexity index is 1570. The quantitative estimate of drug-likeness (QED) is 0.253. The molecule has 45 heavy (non-hydrogen) atoms. The number of nitrogens with one attached hydrogen (secondary N) is 1. The number of aromatic nitrogens is 6. The van der Waals surface area contributed by atoms with E-state index in [9.17, 15) is 9.59 Å². The van der Waals surface area contributed by atoms with E-state index in [2.05, 4.69) is 35.5 Å². The predicted molar refractivity (Wildman–Crippen MR) is 169 cm³/mol. The van der Waals surface area contributed by atoms with Crippen molar-refractivity contribution in [2.45, 2.75) is 38.1 Å². The van der Waals surface area contributed by atoms with Crippen molar-refractivity contribution >= 4 is 23.5 Å². The minimum absolute atomic E-state index is 0.232. The average Bonchev–Trinajstić information content (AvgIpc) is 3.65. The lowest BCUT2D eigenvalue weighted by atomic mass is 9.81. The fourth-order valence-corrected chi connectivity index (χ4v) is 6.02. The summed E-state index contributed by atoms with van der Waals surface area (Å²) in [6.45, 7) is 3.46. The van der Waals surface area contributed by atoms with Crippen LogP contribution in [-0.4, -0.2) is 81.3 Å². The molecule has 0 bridgehead atoms. The van der Waals surface area contributed by atoms with Gasteiger partial charge in [-0.2, -0.15) is 5.21 Å². The van der Waals surface area contributed by atoms with Gasteiger partial charge < -0.3 is 21.1 Å². The number of aromatic amines is 1. The summed E-state index contributed by atoms with van der Waals surface area (Å²) in [5.41, 5.74) is 16.3. The van der Waals surface area contributed by atoms with Crippen LogP contribution in [0, 0.1) is 11.8 Å². The van der Waals surface area contributed by atoms with E-state index in [0.717, 1.165) is 42.6 Å². The Morgan fingerprint density at radius 3 is 2.38 bits per heavy atom. The Morgan fingerprint density at radius 2 is 1.71 bits per heavy atom. The highest BCUT2D eigenvalue weighted by Gasteiger charge is 2.35. The summed E-state index contributed by atoms with van der Waals surface area (Å²) in [5.74, 6) is 0.551. The van der Waals surface area contributed by atoms with Crippen LogP contribution >= 0.6 is 0 Å². The van der Waals surface area contributed by atoms with Crippen molar-refractivity contribution in [3.8, 4) is 22.5 Å². The van der Waals surface area contributed by atoms with Gasteiger partial charge in [-0.1, -0.05) is 24.3 Å². The van der Waals surface area contributed by atoms with Crippen molar-refractivity contribution in [3.63, 3.8) is 0 Å². The fraction of sp³-hybridized carbons (Fsp3) is 0.406. The van der Waals surface area contributed by atoms with Gasteiger partial charge in [0.25, 0.3) is 5.91 Å². The minimum atomic E-state index is -0.943. The zero-order valence-corrected chi connectivity index (χ0v) is 25.1. The highest BCUT2D eigenvalue weighted by Crippen LogP contribution is 2.32. The molecule has 2 aromatic heterocycles. The number of morpholine rings is 1. The number of tetrazole rings is 1. The molecule has 0 spiro atoms. The summed E-state index contributed by atoms with van der Waals surface area (Å²) >= 11 is 0. The van der Waals surface area contributed by atoms with Crippen LogP contribution in [-0.2, 0) is 20.7 Å². The molecule has 2 aliphatic rings. The lowest BCUT2D eigenvalue weighted by molar-refractivity contribution is -0.130. The molecule has 2 aromatic carbocycles. The van der Waals surface area contributed by atoms with Gasteiger partial charge in [0.15, 0.2) is 0 Å². The predicted octanol–water partition coefficient (Wildman–Crippen LogP) is 2.36. The largest absolute Gasteiger partial charge is 0.378 e. The van der Waals surface area contributed by atoms with Crippen molar-refractivity contribution in [1.82, 2.24) is 30.6 Å². The van der Waals surface area contributed by atoms with E-state index in [0.29, 0.717) is 61.5 Å². The number of benzene rings is 2. The number of anilines is 2. The number of amides is 2. The van der Waals surface area contributed by atoms with Crippen molar-refractivity contribution in [2.75, 3.05) is 42.6 Å². The van der Waals surface area contributed by atoms with E-state index >= 15 is 0 Å². The number of hydrogen-bond acceptors (Lipinski definition) is 11. The molecular formula is C32H38N10O3. The van der Waals surface area contributed by atoms with Crippen LogP contribution in [0.4, 0.5) is 11.6 Å². The summed E-state index contributed by atoms with van der Waals surface area (Å²) < 4.78 is 5.42. The van der Waals surface area contributed by atoms with Gasteiger partial charge in [0, 0.05) is 42.5 Å². The highest BCUT2D eigenvalue weighted by molar-refractivity contribution is 6.17. The smallest absolute Gasteiger partial charge is 0.251 e. The maximum atomic E-state index is 14.0. The van der Waals surface area contributed by atoms with Crippen molar-refractivity contribution in [1.29, 1.82) is 0 Å². The van der Waals surface area contributed by atoms with Gasteiger partial charge in [0.2, 0.25) is 17.7 Å². The van der Waals surface area contributed by atoms with E-state index < -0.39 is 11.9 Å². The summed E-state index contributed by atoms with van der Waals surface area (Å²) in [7, 11) is 0. The number of rotatable bonds is 9. The molecule has 6 rings (SSSR count).